The van der Waals surface area contributed by atoms with E-state index in [0.717, 1.165) is 56.7 Å². The Morgan fingerprint density at radius 1 is 0.415 bits per heavy atom. The first-order valence-electron chi connectivity index (χ1n) is 27.1. The second kappa shape index (κ2) is 48.2. The van der Waals surface area contributed by atoms with E-state index in [1.165, 1.54) is 244 Å². The van der Waals surface area contributed by atoms with Gasteiger partial charge in [-0.15, -0.1) is 0 Å². The van der Waals surface area contributed by atoms with Crippen molar-refractivity contribution in [2.24, 2.45) is 0 Å². The summed E-state index contributed by atoms with van der Waals surface area (Å²) in [5.41, 5.74) is -0.490. The van der Waals surface area contributed by atoms with Gasteiger partial charge in [0.15, 0.2) is 0 Å². The van der Waals surface area contributed by atoms with Crippen LogP contribution in [0.2, 0.25) is 0 Å². The van der Waals surface area contributed by atoms with Crippen LogP contribution in [-0.4, -0.2) is 24.9 Å². The van der Waals surface area contributed by atoms with Crippen LogP contribution >= 0.6 is 0 Å². The molecule has 0 heterocycles. The van der Waals surface area contributed by atoms with Crippen molar-refractivity contribution in [3.8, 4) is 0 Å². The summed E-state index contributed by atoms with van der Waals surface area (Å²) in [7, 11) is -4.85. The van der Waals surface area contributed by atoms with Gasteiger partial charge in [0.25, 0.3) is 0 Å². The molecule has 65 heavy (non-hydrogen) atoms. The summed E-state index contributed by atoms with van der Waals surface area (Å²) in [5.74, 6) is -1.75. The van der Waals surface area contributed by atoms with Crippen LogP contribution in [0.5, 0.6) is 0 Å². The van der Waals surface area contributed by atoms with E-state index in [1.807, 2.05) is 0 Å². The Morgan fingerprint density at radius 2 is 0.662 bits per heavy atom. The van der Waals surface area contributed by atoms with Gasteiger partial charge in [0, 0.05) is 0 Å². The molecule has 0 N–H and O–H groups in total. The van der Waals surface area contributed by atoms with Crippen LogP contribution in [-0.2, 0) is 19.6 Å². The quantitative estimate of drug-likeness (QED) is 0.0210. The largest absolute Gasteiger partial charge is 1.00 e. The summed E-state index contributed by atoms with van der Waals surface area (Å²) >= 11 is 0. The summed E-state index contributed by atoms with van der Waals surface area (Å²) in [6.45, 7) is 4.56. The van der Waals surface area contributed by atoms with Gasteiger partial charge in [0.1, 0.15) is 10.1 Å². The van der Waals surface area contributed by atoms with E-state index in [2.05, 4.69) is 13.8 Å². The van der Waals surface area contributed by atoms with Crippen molar-refractivity contribution in [2.75, 3.05) is 0 Å². The number of hydrogen-bond acceptors (Lipinski definition) is 7. The maximum absolute atomic E-state index is 12.9. The van der Waals surface area contributed by atoms with Crippen molar-refractivity contribution in [1.82, 2.24) is 0 Å². The molecular weight excluding hydrogens is 856 g/mol. The Kier molecular flexibility index (Phi) is 47.6. The second-order valence-electron chi connectivity index (χ2n) is 18.7. The van der Waals surface area contributed by atoms with Gasteiger partial charge < -0.3 is 14.0 Å². The number of allylic oxidation sites excluding steroid dienone is 2. The third-order valence-electron chi connectivity index (χ3n) is 12.7. The topological polar surface area (TPSA) is 110 Å². The molecule has 1 aromatic carbocycles. The number of rotatable bonds is 47. The van der Waals surface area contributed by atoms with Crippen LogP contribution in [0.15, 0.2) is 47.8 Å². The molecule has 0 aromatic heterocycles. The van der Waals surface area contributed by atoms with E-state index in [9.17, 15) is 22.6 Å². The molecule has 0 bridgehead atoms. The molecule has 0 fully saturated rings. The Morgan fingerprint density at radius 3 is 0.923 bits per heavy atom. The smallest absolute Gasteiger partial charge is 0.744 e. The zero-order valence-corrected chi connectivity index (χ0v) is 46.4. The summed E-state index contributed by atoms with van der Waals surface area (Å²) in [5, 5.41) is 0. The van der Waals surface area contributed by atoms with Gasteiger partial charge in [-0.2, -0.15) is 0 Å². The minimum Gasteiger partial charge on any atom is -0.744 e. The van der Waals surface area contributed by atoms with E-state index in [4.69, 9.17) is 9.47 Å². The fourth-order valence-corrected chi connectivity index (χ4v) is 9.04. The summed E-state index contributed by atoms with van der Waals surface area (Å²) in [6.07, 6.45) is 60.9. The van der Waals surface area contributed by atoms with Crippen molar-refractivity contribution >= 4 is 22.1 Å². The molecule has 0 radical (unpaired) electrons. The van der Waals surface area contributed by atoms with Gasteiger partial charge in [-0.25, -0.2) is 18.0 Å². The molecule has 0 atom stereocenters. The first-order valence-corrected chi connectivity index (χ1v) is 28.5. The van der Waals surface area contributed by atoms with Gasteiger partial charge in [-0.1, -0.05) is 258 Å². The summed E-state index contributed by atoms with van der Waals surface area (Å²) in [4.78, 5) is 25.2. The third-order valence-corrected chi connectivity index (χ3v) is 13.5. The fraction of sp³-hybridized carbons (Fsp3) is 0.786. The Labute approximate surface area is 443 Å². The van der Waals surface area contributed by atoms with Crippen LogP contribution < -0.4 is 51.4 Å². The SMILES string of the molecule is CCCCCCCCCCCCCCCCCCCCCC/C=C/OC(=O)c1ccc(S(=O)(=O)[O-])cc1C(=O)O/C=C/CCCCCCCCCCCCCCCCCCCCCC.[K+]. The zero-order chi connectivity index (χ0) is 46.4. The van der Waals surface area contributed by atoms with Crippen LogP contribution in [0.1, 0.15) is 304 Å². The molecule has 0 saturated carbocycles. The predicted molar refractivity (Wildman–Crippen MR) is 269 cm³/mol. The Hall–Kier alpha value is -0.814. The maximum Gasteiger partial charge on any atom is 1.00 e. The van der Waals surface area contributed by atoms with E-state index < -0.39 is 27.0 Å². The average Bonchev–Trinajstić information content (AvgIpc) is 3.28. The van der Waals surface area contributed by atoms with Crippen molar-refractivity contribution < 1.29 is 83.4 Å². The van der Waals surface area contributed by atoms with Gasteiger partial charge in [0.05, 0.1) is 28.5 Å². The normalized spacial score (nSPS) is 11.7. The average molecular weight is 954 g/mol. The molecular formula is C56H97KO7S. The number of hydrogen-bond donors (Lipinski definition) is 0. The van der Waals surface area contributed by atoms with Crippen LogP contribution in [0.25, 0.3) is 0 Å². The molecule has 0 unspecified atom stereocenters. The minimum atomic E-state index is -4.85. The molecule has 0 amide bonds. The van der Waals surface area contributed by atoms with E-state index in [-0.39, 0.29) is 62.5 Å². The first kappa shape index (κ1) is 64.2. The maximum atomic E-state index is 12.9. The van der Waals surface area contributed by atoms with Crippen LogP contribution in [0.3, 0.4) is 0 Å². The monoisotopic (exact) mass is 953 g/mol. The van der Waals surface area contributed by atoms with Gasteiger partial charge in [-0.05, 0) is 56.0 Å². The van der Waals surface area contributed by atoms with Crippen molar-refractivity contribution in [3.63, 3.8) is 0 Å². The van der Waals surface area contributed by atoms with Gasteiger partial charge in [-0.3, -0.25) is 0 Å². The Bertz CT molecular complexity index is 1410. The van der Waals surface area contributed by atoms with E-state index >= 15 is 0 Å². The summed E-state index contributed by atoms with van der Waals surface area (Å²) < 4.78 is 45.6. The number of benzene rings is 1. The zero-order valence-electron chi connectivity index (χ0n) is 42.5. The van der Waals surface area contributed by atoms with Gasteiger partial charge >= 0.3 is 63.3 Å². The number of unbranched alkanes of at least 4 members (excludes halogenated alkanes) is 40. The molecule has 0 saturated heterocycles. The molecule has 7 nitrogen and oxygen atoms in total. The van der Waals surface area contributed by atoms with E-state index in [0.29, 0.717) is 0 Å². The molecule has 370 valence electrons. The standard InChI is InChI=1S/C56H98O7S.K/c1-3-5-7-9-11-13-15-17-19-21-23-25-27-29-31-33-35-37-39-41-43-45-49-62-55(57)53-48-47-52(64(59,60)61)51-54(53)56(58)63-50-46-44-42-40-38-36-34-32-30-28-26-24-22-20-18-16-14-12-10-8-6-4-2;/h45-51H,3-44H2,1-2H3,(H,59,60,61);/q;+1/p-1/b49-45+,50-46+;. The molecule has 0 aliphatic heterocycles. The molecule has 0 aliphatic carbocycles. The number of carbonyl (C=O) groups excluding carboxylic acids is 2. The van der Waals surface area contributed by atoms with Crippen molar-refractivity contribution in [1.29, 1.82) is 0 Å². The third kappa shape index (κ3) is 40.8. The van der Waals surface area contributed by atoms with E-state index in [1.54, 1.807) is 12.2 Å². The number of esters is 2. The van der Waals surface area contributed by atoms with Crippen LogP contribution in [0.4, 0.5) is 0 Å². The van der Waals surface area contributed by atoms with Crippen LogP contribution in [0, 0.1) is 0 Å². The van der Waals surface area contributed by atoms with Crippen molar-refractivity contribution in [3.05, 3.63) is 54.0 Å². The number of carbonyl (C=O) groups is 2. The predicted octanol–water partition coefficient (Wildman–Crippen LogP) is 15.4. The number of ether oxygens (including phenoxy) is 2. The molecule has 1 rings (SSSR count). The first-order chi connectivity index (χ1) is 31.3. The second-order valence-corrected chi connectivity index (χ2v) is 20.1. The minimum absolute atomic E-state index is 0. The molecule has 1 aromatic rings. The van der Waals surface area contributed by atoms with Crippen molar-refractivity contribution in [2.45, 2.75) is 288 Å². The molecule has 9 heteroatoms. The van der Waals surface area contributed by atoms with Gasteiger partial charge in [0.2, 0.25) is 0 Å². The Balaban J connectivity index is 0.0000410. The molecule has 0 aliphatic rings. The summed E-state index contributed by atoms with van der Waals surface area (Å²) in [6, 6.07) is 3.02. The molecule has 0 spiro atoms. The fourth-order valence-electron chi connectivity index (χ4n) is 8.54.